The van der Waals surface area contributed by atoms with Crippen molar-refractivity contribution in [3.8, 4) is 0 Å². The minimum atomic E-state index is -1.09. The highest BCUT2D eigenvalue weighted by Gasteiger charge is 2.10. The zero-order valence-electron chi connectivity index (χ0n) is 8.07. The Morgan fingerprint density at radius 2 is 2.13 bits per heavy atom. The molecule has 2 aromatic rings. The molecule has 0 unspecified atom stereocenters. The number of pyridine rings is 1. The molecule has 0 radical (unpaired) electrons. The van der Waals surface area contributed by atoms with Crippen LogP contribution in [-0.2, 0) is 0 Å². The van der Waals surface area contributed by atoms with Gasteiger partial charge in [0, 0.05) is 11.8 Å². The topological polar surface area (TPSA) is 70.2 Å². The summed E-state index contributed by atoms with van der Waals surface area (Å²) >= 11 is 0. The van der Waals surface area contributed by atoms with E-state index in [1.807, 2.05) is 0 Å². The molecule has 0 amide bonds. The maximum absolute atomic E-state index is 11.6. The van der Waals surface area contributed by atoms with E-state index in [4.69, 9.17) is 5.11 Å². The highest BCUT2D eigenvalue weighted by Crippen LogP contribution is 2.13. The van der Waals surface area contributed by atoms with Crippen LogP contribution in [0, 0.1) is 6.92 Å². The summed E-state index contributed by atoms with van der Waals surface area (Å²) in [6, 6.07) is 6.13. The lowest BCUT2D eigenvalue weighted by molar-refractivity contribution is 0.0699. The van der Waals surface area contributed by atoms with Crippen molar-refractivity contribution in [2.75, 3.05) is 0 Å². The quantitative estimate of drug-likeness (QED) is 0.738. The van der Waals surface area contributed by atoms with Gasteiger partial charge in [-0.25, -0.2) is 4.79 Å². The number of fused-ring (bicyclic) bond motifs is 1. The molecule has 0 atom stereocenters. The van der Waals surface area contributed by atoms with Crippen molar-refractivity contribution >= 4 is 16.9 Å². The maximum atomic E-state index is 11.6. The van der Waals surface area contributed by atoms with Crippen LogP contribution in [0.4, 0.5) is 0 Å². The number of nitrogens with one attached hydrogen (secondary N) is 1. The van der Waals surface area contributed by atoms with Crippen molar-refractivity contribution in [1.29, 1.82) is 0 Å². The second-order valence-corrected chi connectivity index (χ2v) is 3.35. The number of aromatic amines is 1. The molecular formula is C11H9NO3. The van der Waals surface area contributed by atoms with Gasteiger partial charge in [-0.05, 0) is 19.1 Å². The molecule has 4 nitrogen and oxygen atoms in total. The fourth-order valence-electron chi connectivity index (χ4n) is 1.62. The number of carboxylic acid groups (broad SMARTS) is 1. The van der Waals surface area contributed by atoms with Gasteiger partial charge in [0.15, 0.2) is 5.43 Å². The fourth-order valence-corrected chi connectivity index (χ4v) is 1.62. The smallest absolute Gasteiger partial charge is 0.336 e. The van der Waals surface area contributed by atoms with Crippen LogP contribution in [0.5, 0.6) is 0 Å². The summed E-state index contributed by atoms with van der Waals surface area (Å²) in [5, 5.41) is 9.16. The molecule has 0 saturated carbocycles. The van der Waals surface area contributed by atoms with Crippen LogP contribution >= 0.6 is 0 Å². The Morgan fingerprint density at radius 1 is 1.40 bits per heavy atom. The predicted molar refractivity (Wildman–Crippen MR) is 56.3 cm³/mol. The van der Waals surface area contributed by atoms with E-state index in [9.17, 15) is 9.59 Å². The molecule has 15 heavy (non-hydrogen) atoms. The van der Waals surface area contributed by atoms with E-state index in [0.29, 0.717) is 5.52 Å². The number of rotatable bonds is 1. The van der Waals surface area contributed by atoms with E-state index in [-0.39, 0.29) is 16.4 Å². The van der Waals surface area contributed by atoms with Gasteiger partial charge >= 0.3 is 5.97 Å². The van der Waals surface area contributed by atoms with Crippen LogP contribution in [0.3, 0.4) is 0 Å². The lowest BCUT2D eigenvalue weighted by atomic mass is 10.1. The first-order valence-corrected chi connectivity index (χ1v) is 4.45. The van der Waals surface area contributed by atoms with Crippen LogP contribution in [-0.4, -0.2) is 16.1 Å². The van der Waals surface area contributed by atoms with Crippen LogP contribution in [0.1, 0.15) is 16.1 Å². The van der Waals surface area contributed by atoms with Gasteiger partial charge in [-0.3, -0.25) is 4.79 Å². The fraction of sp³-hybridized carbons (Fsp3) is 0.0909. The third kappa shape index (κ3) is 1.50. The summed E-state index contributed by atoms with van der Waals surface area (Å²) in [6.07, 6.45) is 0. The number of aryl methyl sites for hydroxylation is 1. The summed E-state index contributed by atoms with van der Waals surface area (Å²) < 4.78 is 0. The highest BCUT2D eigenvalue weighted by atomic mass is 16.4. The molecule has 0 aliphatic carbocycles. The van der Waals surface area contributed by atoms with Crippen molar-refractivity contribution in [2.24, 2.45) is 0 Å². The number of aromatic nitrogens is 1. The van der Waals surface area contributed by atoms with Crippen molar-refractivity contribution in [3.63, 3.8) is 0 Å². The van der Waals surface area contributed by atoms with E-state index in [2.05, 4.69) is 4.98 Å². The largest absolute Gasteiger partial charge is 0.478 e. The summed E-state index contributed by atoms with van der Waals surface area (Å²) in [4.78, 5) is 25.5. The Morgan fingerprint density at radius 3 is 2.80 bits per heavy atom. The van der Waals surface area contributed by atoms with Gasteiger partial charge in [-0.1, -0.05) is 6.07 Å². The number of carbonyl (C=O) groups is 1. The molecule has 0 spiro atoms. The van der Waals surface area contributed by atoms with Gasteiger partial charge in [0.1, 0.15) is 0 Å². The predicted octanol–water partition coefficient (Wildman–Crippen LogP) is 1.53. The zero-order chi connectivity index (χ0) is 11.0. The average Bonchev–Trinajstić information content (AvgIpc) is 2.16. The highest BCUT2D eigenvalue weighted by molar-refractivity contribution is 6.02. The van der Waals surface area contributed by atoms with Crippen molar-refractivity contribution < 1.29 is 9.90 Å². The zero-order valence-corrected chi connectivity index (χ0v) is 8.07. The standard InChI is InChI=1S/C11H9NO3/c1-6-5-9(13)10-7(11(14)15)3-2-4-8(10)12-6/h2-5H,1H3,(H,12,13)(H,14,15). The van der Waals surface area contributed by atoms with Gasteiger partial charge in [0.2, 0.25) is 0 Å². The van der Waals surface area contributed by atoms with Gasteiger partial charge < -0.3 is 10.1 Å². The van der Waals surface area contributed by atoms with Crippen LogP contribution < -0.4 is 5.43 Å². The van der Waals surface area contributed by atoms with Gasteiger partial charge in [0.25, 0.3) is 0 Å². The molecular weight excluding hydrogens is 194 g/mol. The summed E-state index contributed by atoms with van der Waals surface area (Å²) in [6.45, 7) is 1.76. The Kier molecular flexibility index (Phi) is 2.04. The van der Waals surface area contributed by atoms with Gasteiger partial charge in [-0.2, -0.15) is 0 Å². The average molecular weight is 203 g/mol. The number of carboxylic acids is 1. The van der Waals surface area contributed by atoms with Gasteiger partial charge in [0.05, 0.1) is 16.5 Å². The van der Waals surface area contributed by atoms with Crippen LogP contribution in [0.2, 0.25) is 0 Å². The Balaban J connectivity index is 2.98. The van der Waals surface area contributed by atoms with Crippen LogP contribution in [0.15, 0.2) is 29.1 Å². The van der Waals surface area contributed by atoms with E-state index in [1.54, 1.807) is 19.1 Å². The Hall–Kier alpha value is -2.10. The number of hydrogen-bond donors (Lipinski definition) is 2. The SMILES string of the molecule is Cc1cc(=O)c2c(C(=O)O)cccc2[nH]1. The normalized spacial score (nSPS) is 10.5. The minimum Gasteiger partial charge on any atom is -0.478 e. The molecule has 0 fully saturated rings. The van der Waals surface area contributed by atoms with E-state index in [1.165, 1.54) is 12.1 Å². The molecule has 1 aromatic carbocycles. The monoisotopic (exact) mass is 203 g/mol. The number of H-pyrrole nitrogens is 1. The van der Waals surface area contributed by atoms with Crippen molar-refractivity contribution in [3.05, 3.63) is 45.7 Å². The molecule has 2 N–H and O–H groups in total. The molecule has 0 saturated heterocycles. The summed E-state index contributed by atoms with van der Waals surface area (Å²) in [5.41, 5.74) is 1.04. The number of benzene rings is 1. The summed E-state index contributed by atoms with van der Waals surface area (Å²) in [5.74, 6) is -1.09. The van der Waals surface area contributed by atoms with E-state index >= 15 is 0 Å². The first-order valence-electron chi connectivity index (χ1n) is 4.45. The molecule has 1 aromatic heterocycles. The lowest BCUT2D eigenvalue weighted by Gasteiger charge is -2.02. The van der Waals surface area contributed by atoms with Gasteiger partial charge in [-0.15, -0.1) is 0 Å². The molecule has 4 heteroatoms. The number of aromatic carboxylic acids is 1. The molecule has 2 rings (SSSR count). The Bertz CT molecular complexity index is 598. The second-order valence-electron chi connectivity index (χ2n) is 3.35. The van der Waals surface area contributed by atoms with Crippen LogP contribution in [0.25, 0.3) is 10.9 Å². The third-order valence-electron chi connectivity index (χ3n) is 2.22. The molecule has 76 valence electrons. The molecule has 0 aliphatic rings. The second kappa shape index (κ2) is 3.24. The summed E-state index contributed by atoms with van der Waals surface area (Å²) in [7, 11) is 0. The van der Waals surface area contributed by atoms with E-state index < -0.39 is 5.97 Å². The maximum Gasteiger partial charge on any atom is 0.336 e. The molecule has 0 aliphatic heterocycles. The third-order valence-corrected chi connectivity index (χ3v) is 2.22. The van der Waals surface area contributed by atoms with Crippen molar-refractivity contribution in [2.45, 2.75) is 6.92 Å². The lowest BCUT2D eigenvalue weighted by Crippen LogP contribution is -2.09. The number of hydrogen-bond acceptors (Lipinski definition) is 2. The van der Waals surface area contributed by atoms with E-state index in [0.717, 1.165) is 5.69 Å². The molecule has 1 heterocycles. The first-order chi connectivity index (χ1) is 7.09. The first kappa shape index (κ1) is 9.45. The van der Waals surface area contributed by atoms with Crippen molar-refractivity contribution in [1.82, 2.24) is 4.98 Å². The molecule has 0 bridgehead atoms. The minimum absolute atomic E-state index is 0.0359. The Labute approximate surface area is 85.2 Å².